The third kappa shape index (κ3) is 6.49. The van der Waals surface area contributed by atoms with Gasteiger partial charge in [-0.3, -0.25) is 4.98 Å². The number of ether oxygens (including phenoxy) is 2. The summed E-state index contributed by atoms with van der Waals surface area (Å²) < 4.78 is 75.2. The quantitative estimate of drug-likeness (QED) is 0.251. The van der Waals surface area contributed by atoms with Crippen LogP contribution in [0.5, 0.6) is 11.5 Å². The van der Waals surface area contributed by atoms with Crippen LogP contribution in [-0.2, 0) is 10.0 Å². The Hall–Kier alpha value is -3.38. The van der Waals surface area contributed by atoms with Crippen LogP contribution < -0.4 is 9.47 Å². The van der Waals surface area contributed by atoms with Gasteiger partial charge in [-0.25, -0.2) is 17.7 Å². The van der Waals surface area contributed by atoms with E-state index in [2.05, 4.69) is 14.7 Å². The lowest BCUT2D eigenvalue weighted by Crippen LogP contribution is -2.43. The summed E-state index contributed by atoms with van der Waals surface area (Å²) in [6, 6.07) is 9.25. The molecule has 224 valence electrons. The number of halogens is 3. The maximum atomic E-state index is 13.4. The molecule has 1 N–H and O–H groups in total. The standard InChI is InChI=1S/C30H33F3N4O4S/c31-30(32,33)41-25-9-7-24(8-10-25)40-18-21-2-1-15-37(17-21)42(38,39)19-20-3-5-22(6-4-20)28-27-23(11-13-34-28)16-36-29-26(27)12-14-35-29/h7-14,16,20-22H,1-6,15,17-19H2,(H,35,36). The molecule has 0 radical (unpaired) electrons. The van der Waals surface area contributed by atoms with Gasteiger partial charge in [-0.05, 0) is 80.8 Å². The van der Waals surface area contributed by atoms with Crippen molar-refractivity contribution in [3.63, 3.8) is 0 Å². The molecule has 2 fully saturated rings. The number of pyridine rings is 2. The van der Waals surface area contributed by atoms with Crippen molar-refractivity contribution in [1.29, 1.82) is 0 Å². The molecule has 1 aliphatic carbocycles. The molecule has 1 aromatic carbocycles. The minimum Gasteiger partial charge on any atom is -0.493 e. The van der Waals surface area contributed by atoms with E-state index < -0.39 is 16.4 Å². The van der Waals surface area contributed by atoms with E-state index in [9.17, 15) is 21.6 Å². The lowest BCUT2D eigenvalue weighted by Gasteiger charge is -2.34. The minimum absolute atomic E-state index is 0.00700. The number of hydrogen-bond donors (Lipinski definition) is 1. The fraction of sp³-hybridized carbons (Fsp3) is 0.467. The van der Waals surface area contributed by atoms with Crippen LogP contribution in [0.2, 0.25) is 0 Å². The van der Waals surface area contributed by atoms with Gasteiger partial charge >= 0.3 is 6.36 Å². The maximum Gasteiger partial charge on any atom is 0.573 e. The Morgan fingerprint density at radius 3 is 2.48 bits per heavy atom. The molecule has 6 rings (SSSR count). The van der Waals surface area contributed by atoms with Crippen LogP contribution in [0.3, 0.4) is 0 Å². The number of piperidine rings is 1. The number of sulfonamides is 1. The SMILES string of the molecule is O=S(=O)(CC1CCC(c2nccc3cnc4[nH]ccc4c23)CC1)N1CCCC(COc2ccc(OC(F)(F)F)cc2)C1. The van der Waals surface area contributed by atoms with Gasteiger partial charge in [-0.15, -0.1) is 13.2 Å². The van der Waals surface area contributed by atoms with Crippen LogP contribution in [0.25, 0.3) is 21.8 Å². The van der Waals surface area contributed by atoms with E-state index in [1.165, 1.54) is 24.3 Å². The van der Waals surface area contributed by atoms with Crippen LogP contribution in [0.4, 0.5) is 13.2 Å². The van der Waals surface area contributed by atoms with E-state index >= 15 is 0 Å². The lowest BCUT2D eigenvalue weighted by atomic mass is 9.80. The van der Waals surface area contributed by atoms with E-state index in [-0.39, 0.29) is 29.3 Å². The fourth-order valence-electron chi connectivity index (χ4n) is 6.38. The molecule has 12 heteroatoms. The number of alkyl halides is 3. The van der Waals surface area contributed by atoms with Gasteiger partial charge in [0.1, 0.15) is 17.1 Å². The molecular formula is C30H33F3N4O4S. The smallest absolute Gasteiger partial charge is 0.493 e. The molecule has 1 aliphatic heterocycles. The van der Waals surface area contributed by atoms with Crippen molar-refractivity contribution in [1.82, 2.24) is 19.3 Å². The zero-order valence-electron chi connectivity index (χ0n) is 23.0. The molecule has 0 amide bonds. The van der Waals surface area contributed by atoms with Gasteiger partial charge in [0, 0.05) is 59.7 Å². The van der Waals surface area contributed by atoms with Gasteiger partial charge in [-0.2, -0.15) is 0 Å². The summed E-state index contributed by atoms with van der Waals surface area (Å²) in [5, 5.41) is 3.26. The third-order valence-corrected chi connectivity index (χ3v) is 10.4. The zero-order valence-corrected chi connectivity index (χ0v) is 23.8. The Balaban J connectivity index is 1.03. The van der Waals surface area contributed by atoms with Crippen molar-refractivity contribution in [3.8, 4) is 11.5 Å². The highest BCUT2D eigenvalue weighted by atomic mass is 32.2. The van der Waals surface area contributed by atoms with Crippen molar-refractivity contribution in [2.24, 2.45) is 11.8 Å². The van der Waals surface area contributed by atoms with E-state index in [0.29, 0.717) is 25.4 Å². The molecule has 3 aromatic heterocycles. The van der Waals surface area contributed by atoms with Crippen LogP contribution in [0.1, 0.15) is 50.1 Å². The summed E-state index contributed by atoms with van der Waals surface area (Å²) in [6.45, 7) is 1.17. The normalized spacial score (nSPS) is 22.4. The molecule has 1 saturated carbocycles. The molecule has 0 bridgehead atoms. The molecule has 8 nitrogen and oxygen atoms in total. The van der Waals surface area contributed by atoms with Gasteiger partial charge in [0.2, 0.25) is 10.0 Å². The molecule has 2 aliphatic rings. The number of nitrogens with one attached hydrogen (secondary N) is 1. The monoisotopic (exact) mass is 602 g/mol. The number of hydrogen-bond acceptors (Lipinski definition) is 6. The molecule has 1 atom stereocenters. The average Bonchev–Trinajstić information content (AvgIpc) is 3.46. The number of rotatable bonds is 8. The van der Waals surface area contributed by atoms with Crippen LogP contribution in [0.15, 0.2) is 55.0 Å². The predicted molar refractivity (Wildman–Crippen MR) is 153 cm³/mol. The Bertz CT molecular complexity index is 1630. The van der Waals surface area contributed by atoms with Gasteiger partial charge in [-0.1, -0.05) is 0 Å². The Kier molecular flexibility index (Phi) is 8.01. The molecule has 4 heterocycles. The summed E-state index contributed by atoms with van der Waals surface area (Å²) in [5.74, 6) is 0.622. The van der Waals surface area contributed by atoms with Crippen molar-refractivity contribution < 1.29 is 31.1 Å². The molecular weight excluding hydrogens is 569 g/mol. The first-order chi connectivity index (χ1) is 20.1. The Labute approximate surface area is 242 Å². The number of nitrogens with zero attached hydrogens (tertiary/aromatic N) is 3. The van der Waals surface area contributed by atoms with E-state index in [0.717, 1.165) is 66.0 Å². The zero-order chi connectivity index (χ0) is 29.3. The molecule has 4 aromatic rings. The topological polar surface area (TPSA) is 97.4 Å². The average molecular weight is 603 g/mol. The fourth-order valence-corrected chi connectivity index (χ4v) is 8.37. The van der Waals surface area contributed by atoms with Crippen molar-refractivity contribution in [3.05, 3.63) is 60.7 Å². The first-order valence-corrected chi connectivity index (χ1v) is 15.9. The van der Waals surface area contributed by atoms with E-state index in [1.54, 1.807) is 4.31 Å². The summed E-state index contributed by atoms with van der Waals surface area (Å²) in [7, 11) is -3.43. The second kappa shape index (κ2) is 11.7. The maximum absolute atomic E-state index is 13.4. The van der Waals surface area contributed by atoms with Gasteiger partial charge in [0.05, 0.1) is 18.1 Å². The predicted octanol–water partition coefficient (Wildman–Crippen LogP) is 6.40. The van der Waals surface area contributed by atoms with Gasteiger partial charge in [0.15, 0.2) is 0 Å². The number of benzene rings is 1. The van der Waals surface area contributed by atoms with Crippen LogP contribution >= 0.6 is 0 Å². The van der Waals surface area contributed by atoms with Crippen molar-refractivity contribution >= 4 is 31.8 Å². The Morgan fingerprint density at radius 2 is 1.71 bits per heavy atom. The van der Waals surface area contributed by atoms with Gasteiger partial charge < -0.3 is 14.5 Å². The number of H-pyrrole nitrogens is 1. The minimum atomic E-state index is -4.75. The van der Waals surface area contributed by atoms with Crippen LogP contribution in [-0.4, -0.2) is 59.5 Å². The molecule has 0 spiro atoms. The lowest BCUT2D eigenvalue weighted by molar-refractivity contribution is -0.274. The van der Waals surface area contributed by atoms with E-state index in [4.69, 9.17) is 9.72 Å². The summed E-state index contributed by atoms with van der Waals surface area (Å²) in [6.07, 6.45) is 5.87. The highest BCUT2D eigenvalue weighted by molar-refractivity contribution is 7.89. The Morgan fingerprint density at radius 1 is 0.952 bits per heavy atom. The largest absolute Gasteiger partial charge is 0.573 e. The number of aromatic amines is 1. The summed E-state index contributed by atoms with van der Waals surface area (Å²) in [5.41, 5.74) is 1.91. The number of aromatic nitrogens is 3. The molecule has 42 heavy (non-hydrogen) atoms. The second-order valence-corrected chi connectivity index (χ2v) is 13.4. The first-order valence-electron chi connectivity index (χ1n) is 14.3. The second-order valence-electron chi connectivity index (χ2n) is 11.4. The van der Waals surface area contributed by atoms with Crippen molar-refractivity contribution in [2.75, 3.05) is 25.4 Å². The molecule has 1 unspecified atom stereocenters. The van der Waals surface area contributed by atoms with Crippen molar-refractivity contribution in [2.45, 2.75) is 50.8 Å². The highest BCUT2D eigenvalue weighted by Crippen LogP contribution is 2.40. The summed E-state index contributed by atoms with van der Waals surface area (Å²) >= 11 is 0. The van der Waals surface area contributed by atoms with Gasteiger partial charge in [0.25, 0.3) is 0 Å². The highest BCUT2D eigenvalue weighted by Gasteiger charge is 2.34. The first kappa shape index (κ1) is 28.7. The van der Waals surface area contributed by atoms with Crippen LogP contribution in [0, 0.1) is 11.8 Å². The third-order valence-electron chi connectivity index (χ3n) is 8.44. The summed E-state index contributed by atoms with van der Waals surface area (Å²) in [4.78, 5) is 12.4. The molecule has 1 saturated heterocycles. The van der Waals surface area contributed by atoms with E-state index in [1.807, 2.05) is 30.7 Å². The number of fused-ring (bicyclic) bond motifs is 3.